The van der Waals surface area contributed by atoms with Crippen molar-refractivity contribution in [2.24, 2.45) is 5.92 Å². The van der Waals surface area contributed by atoms with Gasteiger partial charge in [-0.15, -0.1) is 0 Å². The fourth-order valence-corrected chi connectivity index (χ4v) is 3.76. The Kier molecular flexibility index (Phi) is 4.72. The highest BCUT2D eigenvalue weighted by atomic mass is 16.5. The average molecular weight is 332 g/mol. The molecule has 5 nitrogen and oxygen atoms in total. The first-order valence-corrected chi connectivity index (χ1v) is 8.74. The van der Waals surface area contributed by atoms with Crippen molar-refractivity contribution in [3.8, 4) is 11.5 Å². The Morgan fingerprint density at radius 3 is 2.92 bits per heavy atom. The summed E-state index contributed by atoms with van der Waals surface area (Å²) >= 11 is 0. The van der Waals surface area contributed by atoms with Gasteiger partial charge in [0.1, 0.15) is 17.1 Å². The molecule has 1 aromatic carbocycles. The molecule has 0 bridgehead atoms. The molecule has 3 rings (SSSR count). The Morgan fingerprint density at radius 2 is 2.21 bits per heavy atom. The molecule has 2 aliphatic heterocycles. The molecule has 0 aromatic heterocycles. The monoisotopic (exact) mass is 332 g/mol. The van der Waals surface area contributed by atoms with Crippen LogP contribution in [0.15, 0.2) is 18.2 Å². The van der Waals surface area contributed by atoms with E-state index in [1.165, 1.54) is 0 Å². The van der Waals surface area contributed by atoms with Crippen LogP contribution in [0.25, 0.3) is 0 Å². The number of fused-ring (bicyclic) bond motifs is 1. The minimum Gasteiger partial charge on any atom is -0.497 e. The average Bonchev–Trinajstić information content (AvgIpc) is 2.53. The van der Waals surface area contributed by atoms with E-state index in [-0.39, 0.29) is 23.5 Å². The highest BCUT2D eigenvalue weighted by Crippen LogP contribution is 2.41. The molecule has 0 aliphatic carbocycles. The minimum atomic E-state index is -0.319. The molecule has 0 spiro atoms. The summed E-state index contributed by atoms with van der Waals surface area (Å²) in [7, 11) is 3.73. The van der Waals surface area contributed by atoms with E-state index in [9.17, 15) is 4.79 Å². The predicted octanol–water partition coefficient (Wildman–Crippen LogP) is 2.76. The van der Waals surface area contributed by atoms with Gasteiger partial charge in [0.25, 0.3) is 0 Å². The lowest BCUT2D eigenvalue weighted by Gasteiger charge is -2.39. The van der Waals surface area contributed by atoms with Gasteiger partial charge < -0.3 is 19.7 Å². The van der Waals surface area contributed by atoms with Crippen molar-refractivity contribution in [2.75, 3.05) is 27.2 Å². The van der Waals surface area contributed by atoms with E-state index in [2.05, 4.69) is 31.1 Å². The van der Waals surface area contributed by atoms with Gasteiger partial charge in [0, 0.05) is 24.6 Å². The van der Waals surface area contributed by atoms with E-state index < -0.39 is 0 Å². The lowest BCUT2D eigenvalue weighted by molar-refractivity contribution is -0.127. The number of nitrogens with one attached hydrogen (secondary N) is 1. The van der Waals surface area contributed by atoms with Crippen LogP contribution in [-0.2, 0) is 4.79 Å². The molecule has 5 heteroatoms. The molecule has 1 fully saturated rings. The number of methoxy groups -OCH3 is 1. The van der Waals surface area contributed by atoms with Crippen LogP contribution in [-0.4, -0.2) is 43.7 Å². The maximum absolute atomic E-state index is 12.8. The summed E-state index contributed by atoms with van der Waals surface area (Å²) in [5.74, 6) is 1.81. The van der Waals surface area contributed by atoms with Gasteiger partial charge in [-0.3, -0.25) is 4.79 Å². The number of nitrogens with zero attached hydrogens (tertiary/aromatic N) is 1. The summed E-state index contributed by atoms with van der Waals surface area (Å²) in [5, 5.41) is 3.27. The smallest absolute Gasteiger partial charge is 0.224 e. The number of hydrogen-bond donors (Lipinski definition) is 1. The molecule has 1 N–H and O–H groups in total. The second-order valence-corrected chi connectivity index (χ2v) is 7.63. The molecule has 2 heterocycles. The van der Waals surface area contributed by atoms with Crippen LogP contribution in [0.4, 0.5) is 0 Å². The van der Waals surface area contributed by atoms with Crippen LogP contribution < -0.4 is 14.8 Å². The maximum Gasteiger partial charge on any atom is 0.224 e. The zero-order valence-corrected chi connectivity index (χ0v) is 15.1. The van der Waals surface area contributed by atoms with Crippen molar-refractivity contribution in [1.82, 2.24) is 10.2 Å². The second-order valence-electron chi connectivity index (χ2n) is 7.63. The van der Waals surface area contributed by atoms with Gasteiger partial charge in [0.05, 0.1) is 19.1 Å². The number of piperidine rings is 1. The van der Waals surface area contributed by atoms with Crippen LogP contribution >= 0.6 is 0 Å². The van der Waals surface area contributed by atoms with Crippen molar-refractivity contribution in [2.45, 2.75) is 44.8 Å². The Bertz CT molecular complexity index is 615. The Balaban J connectivity index is 1.79. The zero-order chi connectivity index (χ0) is 17.3. The number of carbonyl (C=O) groups is 1. The van der Waals surface area contributed by atoms with E-state index in [4.69, 9.17) is 9.47 Å². The number of hydrogen-bond acceptors (Lipinski definition) is 4. The zero-order valence-electron chi connectivity index (χ0n) is 15.1. The van der Waals surface area contributed by atoms with Gasteiger partial charge in [-0.1, -0.05) is 0 Å². The molecule has 0 saturated carbocycles. The SMILES string of the molecule is COc1ccc2c(c1)OC(C)(C)C[C@H]2NC(=O)[C@H]1CCCN(C)C1. The highest BCUT2D eigenvalue weighted by Gasteiger charge is 2.36. The molecule has 24 heavy (non-hydrogen) atoms. The number of rotatable bonds is 3. The van der Waals surface area contributed by atoms with E-state index in [1.54, 1.807) is 7.11 Å². The largest absolute Gasteiger partial charge is 0.497 e. The normalized spacial score (nSPS) is 26.2. The van der Waals surface area contributed by atoms with Crippen molar-refractivity contribution in [1.29, 1.82) is 0 Å². The van der Waals surface area contributed by atoms with Crippen molar-refractivity contribution in [3.63, 3.8) is 0 Å². The first kappa shape index (κ1) is 17.1. The molecule has 1 amide bonds. The first-order chi connectivity index (χ1) is 11.4. The second kappa shape index (κ2) is 6.63. The Labute approximate surface area is 144 Å². The quantitative estimate of drug-likeness (QED) is 0.925. The molecule has 2 aliphatic rings. The van der Waals surface area contributed by atoms with Gasteiger partial charge >= 0.3 is 0 Å². The minimum absolute atomic E-state index is 0.0191. The van der Waals surface area contributed by atoms with Gasteiger partial charge in [-0.05, 0) is 52.4 Å². The third-order valence-corrected chi connectivity index (χ3v) is 4.99. The van der Waals surface area contributed by atoms with E-state index in [0.29, 0.717) is 0 Å². The van der Waals surface area contributed by atoms with Gasteiger partial charge in [0.2, 0.25) is 5.91 Å². The standard InChI is InChI=1S/C19H28N2O3/c1-19(2)11-16(15-8-7-14(23-4)10-17(15)24-19)20-18(22)13-6-5-9-21(3)12-13/h7-8,10,13,16H,5-6,9,11-12H2,1-4H3,(H,20,22)/t13-,16+/m0/s1. The van der Waals surface area contributed by atoms with Crippen molar-refractivity contribution < 1.29 is 14.3 Å². The number of carbonyl (C=O) groups excluding carboxylic acids is 1. The summed E-state index contributed by atoms with van der Waals surface area (Å²) in [5.41, 5.74) is 0.716. The van der Waals surface area contributed by atoms with Gasteiger partial charge in [-0.2, -0.15) is 0 Å². The first-order valence-electron chi connectivity index (χ1n) is 8.74. The molecule has 1 aromatic rings. The number of ether oxygens (including phenoxy) is 2. The van der Waals surface area contributed by atoms with Crippen LogP contribution in [0.2, 0.25) is 0 Å². The summed E-state index contributed by atoms with van der Waals surface area (Å²) in [4.78, 5) is 15.0. The maximum atomic E-state index is 12.8. The van der Waals surface area contributed by atoms with Gasteiger partial charge in [-0.25, -0.2) is 0 Å². The van der Waals surface area contributed by atoms with Gasteiger partial charge in [0.15, 0.2) is 0 Å². The van der Waals surface area contributed by atoms with E-state index >= 15 is 0 Å². The van der Waals surface area contributed by atoms with E-state index in [1.807, 2.05) is 18.2 Å². The van der Waals surface area contributed by atoms with Crippen LogP contribution in [0, 0.1) is 5.92 Å². The molecule has 1 saturated heterocycles. The third-order valence-electron chi connectivity index (χ3n) is 4.99. The summed E-state index contributed by atoms with van der Waals surface area (Å²) in [6, 6.07) is 5.81. The van der Waals surface area contributed by atoms with Crippen molar-refractivity contribution in [3.05, 3.63) is 23.8 Å². The Morgan fingerprint density at radius 1 is 1.42 bits per heavy atom. The summed E-state index contributed by atoms with van der Waals surface area (Å²) in [6.07, 6.45) is 2.82. The van der Waals surface area contributed by atoms with Crippen LogP contribution in [0.1, 0.15) is 44.7 Å². The highest BCUT2D eigenvalue weighted by molar-refractivity contribution is 5.79. The summed E-state index contributed by atoms with van der Waals surface area (Å²) < 4.78 is 11.4. The van der Waals surface area contributed by atoms with Crippen molar-refractivity contribution >= 4 is 5.91 Å². The predicted molar refractivity (Wildman–Crippen MR) is 93.4 cm³/mol. The lowest BCUT2D eigenvalue weighted by atomic mass is 9.88. The molecule has 0 unspecified atom stereocenters. The lowest BCUT2D eigenvalue weighted by Crippen LogP contribution is -2.46. The third kappa shape index (κ3) is 3.66. The van der Waals surface area contributed by atoms with Crippen LogP contribution in [0.5, 0.6) is 11.5 Å². The number of benzene rings is 1. The molecular formula is C19H28N2O3. The van der Waals surface area contributed by atoms with Crippen LogP contribution in [0.3, 0.4) is 0 Å². The van der Waals surface area contributed by atoms with E-state index in [0.717, 1.165) is 49.4 Å². The molecule has 2 atom stereocenters. The molecule has 132 valence electrons. The fraction of sp³-hybridized carbons (Fsp3) is 0.632. The topological polar surface area (TPSA) is 50.8 Å². The fourth-order valence-electron chi connectivity index (χ4n) is 3.76. The Hall–Kier alpha value is -1.75. The summed E-state index contributed by atoms with van der Waals surface area (Å²) in [6.45, 7) is 6.04. The molecule has 0 radical (unpaired) electrons. The molecular weight excluding hydrogens is 304 g/mol. The number of likely N-dealkylation sites (tertiary alicyclic amines) is 1. The number of amides is 1.